The Morgan fingerprint density at radius 1 is 1.24 bits per heavy atom. The number of methoxy groups -OCH3 is 1. The van der Waals surface area contributed by atoms with E-state index in [-0.39, 0.29) is 11.9 Å². The van der Waals surface area contributed by atoms with Crippen LogP contribution in [0.3, 0.4) is 0 Å². The summed E-state index contributed by atoms with van der Waals surface area (Å²) in [4.78, 5) is 0. The zero-order valence-corrected chi connectivity index (χ0v) is 13.5. The van der Waals surface area contributed by atoms with Crippen LogP contribution in [0.15, 0.2) is 40.9 Å². The number of benzene rings is 2. The van der Waals surface area contributed by atoms with E-state index in [1.54, 1.807) is 26.2 Å². The fourth-order valence-electron chi connectivity index (χ4n) is 1.99. The topological polar surface area (TPSA) is 44.5 Å². The second kappa shape index (κ2) is 6.91. The normalized spacial score (nSPS) is 12.0. The molecule has 2 aromatic rings. The third-order valence-corrected chi connectivity index (χ3v) is 3.59. The van der Waals surface area contributed by atoms with Gasteiger partial charge >= 0.3 is 0 Å². The predicted molar refractivity (Wildman–Crippen MR) is 84.0 cm³/mol. The van der Waals surface area contributed by atoms with Crippen LogP contribution in [0.1, 0.15) is 24.1 Å². The van der Waals surface area contributed by atoms with Crippen molar-refractivity contribution in [1.82, 2.24) is 0 Å². The zero-order valence-electron chi connectivity index (χ0n) is 11.9. The molecule has 0 aliphatic rings. The van der Waals surface area contributed by atoms with Crippen LogP contribution in [0.5, 0.6) is 11.5 Å². The van der Waals surface area contributed by atoms with Gasteiger partial charge in [0.25, 0.3) is 0 Å². The van der Waals surface area contributed by atoms with E-state index in [1.165, 1.54) is 6.07 Å². The Labute approximate surface area is 132 Å². The van der Waals surface area contributed by atoms with Crippen molar-refractivity contribution in [3.8, 4) is 11.5 Å². The second-order valence-corrected chi connectivity index (χ2v) is 5.63. The van der Waals surface area contributed by atoms with Crippen molar-refractivity contribution in [3.63, 3.8) is 0 Å². The SMILES string of the molecule is COc1ccc(Br)cc1COc1ccc([C@H](C)N)c(F)c1. The molecular formula is C16H17BrFNO2. The van der Waals surface area contributed by atoms with Gasteiger partial charge in [-0.05, 0) is 31.2 Å². The van der Waals surface area contributed by atoms with E-state index < -0.39 is 0 Å². The smallest absolute Gasteiger partial charge is 0.131 e. The first-order valence-corrected chi connectivity index (χ1v) is 7.31. The van der Waals surface area contributed by atoms with E-state index in [2.05, 4.69) is 15.9 Å². The first kappa shape index (κ1) is 15.8. The summed E-state index contributed by atoms with van der Waals surface area (Å²) in [6, 6.07) is 10.0. The summed E-state index contributed by atoms with van der Waals surface area (Å²) in [5.74, 6) is 0.827. The van der Waals surface area contributed by atoms with Crippen LogP contribution in [0.25, 0.3) is 0 Å². The molecule has 3 nitrogen and oxygen atoms in total. The predicted octanol–water partition coefficient (Wildman–Crippen LogP) is 4.20. The van der Waals surface area contributed by atoms with E-state index in [0.29, 0.717) is 17.9 Å². The minimum atomic E-state index is -0.358. The van der Waals surface area contributed by atoms with Gasteiger partial charge in [-0.2, -0.15) is 0 Å². The highest BCUT2D eigenvalue weighted by atomic mass is 79.9. The molecule has 0 saturated heterocycles. The zero-order chi connectivity index (χ0) is 15.4. The Morgan fingerprint density at radius 2 is 2.00 bits per heavy atom. The molecule has 5 heteroatoms. The molecule has 0 radical (unpaired) electrons. The molecule has 0 saturated carbocycles. The fraction of sp³-hybridized carbons (Fsp3) is 0.250. The molecule has 0 aromatic heterocycles. The average molecular weight is 354 g/mol. The second-order valence-electron chi connectivity index (χ2n) is 4.72. The summed E-state index contributed by atoms with van der Waals surface area (Å²) < 4.78 is 25.7. The quantitative estimate of drug-likeness (QED) is 0.876. The Morgan fingerprint density at radius 3 is 2.62 bits per heavy atom. The van der Waals surface area contributed by atoms with Crippen molar-refractivity contribution < 1.29 is 13.9 Å². The van der Waals surface area contributed by atoms with Crippen LogP contribution in [-0.2, 0) is 6.61 Å². The van der Waals surface area contributed by atoms with E-state index in [1.807, 2.05) is 18.2 Å². The number of rotatable bonds is 5. The molecule has 2 N–H and O–H groups in total. The maximum absolute atomic E-state index is 13.8. The summed E-state index contributed by atoms with van der Waals surface area (Å²) in [6.07, 6.45) is 0. The maximum Gasteiger partial charge on any atom is 0.131 e. The molecule has 0 amide bonds. The van der Waals surface area contributed by atoms with E-state index >= 15 is 0 Å². The highest BCUT2D eigenvalue weighted by Crippen LogP contribution is 2.26. The minimum absolute atomic E-state index is 0.291. The highest BCUT2D eigenvalue weighted by molar-refractivity contribution is 9.10. The van der Waals surface area contributed by atoms with Crippen LogP contribution in [0, 0.1) is 5.82 Å². The molecule has 0 unspecified atom stereocenters. The van der Waals surface area contributed by atoms with Crippen LogP contribution < -0.4 is 15.2 Å². The van der Waals surface area contributed by atoms with Gasteiger partial charge in [0.2, 0.25) is 0 Å². The summed E-state index contributed by atoms with van der Waals surface area (Å²) in [7, 11) is 1.60. The molecule has 0 aliphatic carbocycles. The lowest BCUT2D eigenvalue weighted by molar-refractivity contribution is 0.295. The van der Waals surface area contributed by atoms with Gasteiger partial charge in [-0.1, -0.05) is 22.0 Å². The number of ether oxygens (including phenoxy) is 2. The van der Waals surface area contributed by atoms with Crippen molar-refractivity contribution in [1.29, 1.82) is 0 Å². The van der Waals surface area contributed by atoms with Gasteiger partial charge in [0.15, 0.2) is 0 Å². The van der Waals surface area contributed by atoms with Crippen molar-refractivity contribution in [2.75, 3.05) is 7.11 Å². The third-order valence-electron chi connectivity index (χ3n) is 3.10. The first-order chi connectivity index (χ1) is 10.0. The third kappa shape index (κ3) is 3.95. The van der Waals surface area contributed by atoms with Crippen molar-refractivity contribution >= 4 is 15.9 Å². The molecule has 0 heterocycles. The molecule has 1 atom stereocenters. The van der Waals surface area contributed by atoms with Gasteiger partial charge in [-0.15, -0.1) is 0 Å². The maximum atomic E-state index is 13.8. The van der Waals surface area contributed by atoms with Gasteiger partial charge < -0.3 is 15.2 Å². The van der Waals surface area contributed by atoms with Crippen LogP contribution in [0.4, 0.5) is 4.39 Å². The van der Waals surface area contributed by atoms with Crippen molar-refractivity contribution in [2.45, 2.75) is 19.6 Å². The highest BCUT2D eigenvalue weighted by Gasteiger charge is 2.09. The fourth-order valence-corrected chi connectivity index (χ4v) is 2.40. The molecule has 0 aliphatic heterocycles. The molecule has 112 valence electrons. The van der Waals surface area contributed by atoms with E-state index in [4.69, 9.17) is 15.2 Å². The average Bonchev–Trinajstić information content (AvgIpc) is 2.45. The Balaban J connectivity index is 2.13. The van der Waals surface area contributed by atoms with Crippen LogP contribution in [-0.4, -0.2) is 7.11 Å². The van der Waals surface area contributed by atoms with E-state index in [9.17, 15) is 4.39 Å². The van der Waals surface area contributed by atoms with Gasteiger partial charge in [0, 0.05) is 27.7 Å². The lowest BCUT2D eigenvalue weighted by Gasteiger charge is -2.12. The summed E-state index contributed by atoms with van der Waals surface area (Å²) in [6.45, 7) is 2.03. The van der Waals surface area contributed by atoms with Gasteiger partial charge in [0.05, 0.1) is 7.11 Å². The number of nitrogens with two attached hydrogens (primary N) is 1. The molecule has 2 aromatic carbocycles. The largest absolute Gasteiger partial charge is 0.496 e. The number of halogens is 2. The van der Waals surface area contributed by atoms with Crippen molar-refractivity contribution in [2.24, 2.45) is 5.73 Å². The Bertz CT molecular complexity index is 632. The molecule has 2 rings (SSSR count). The number of hydrogen-bond donors (Lipinski definition) is 1. The Kier molecular flexibility index (Phi) is 5.20. The molecule has 21 heavy (non-hydrogen) atoms. The van der Waals surface area contributed by atoms with E-state index in [0.717, 1.165) is 15.8 Å². The molecule has 0 bridgehead atoms. The van der Waals surface area contributed by atoms with Crippen LogP contribution >= 0.6 is 15.9 Å². The Hall–Kier alpha value is -1.59. The van der Waals surface area contributed by atoms with Crippen molar-refractivity contribution in [3.05, 3.63) is 57.8 Å². The van der Waals surface area contributed by atoms with Gasteiger partial charge in [-0.3, -0.25) is 0 Å². The standard InChI is InChI=1S/C16H17BrFNO2/c1-10(19)14-5-4-13(8-15(14)18)21-9-11-7-12(17)3-6-16(11)20-2/h3-8,10H,9,19H2,1-2H3/t10-/m0/s1. The van der Waals surface area contributed by atoms with Crippen LogP contribution in [0.2, 0.25) is 0 Å². The van der Waals surface area contributed by atoms with Gasteiger partial charge in [-0.25, -0.2) is 4.39 Å². The summed E-state index contributed by atoms with van der Waals surface area (Å²) in [5.41, 5.74) is 7.03. The van der Waals surface area contributed by atoms with Gasteiger partial charge in [0.1, 0.15) is 23.9 Å². The summed E-state index contributed by atoms with van der Waals surface area (Å²) >= 11 is 3.40. The monoisotopic (exact) mass is 353 g/mol. The molecular weight excluding hydrogens is 337 g/mol. The molecule has 0 fully saturated rings. The first-order valence-electron chi connectivity index (χ1n) is 6.51. The minimum Gasteiger partial charge on any atom is -0.496 e. The molecule has 0 spiro atoms. The number of hydrogen-bond acceptors (Lipinski definition) is 3. The lowest BCUT2D eigenvalue weighted by atomic mass is 10.1. The lowest BCUT2D eigenvalue weighted by Crippen LogP contribution is -2.07. The summed E-state index contributed by atoms with van der Waals surface area (Å²) in [5, 5.41) is 0.